The molecule has 0 unspecified atom stereocenters. The van der Waals surface area contributed by atoms with Gasteiger partial charge in [-0.15, -0.1) is 0 Å². The van der Waals surface area contributed by atoms with Gasteiger partial charge in [-0.1, -0.05) is 32.0 Å². The molecule has 1 fully saturated rings. The molecule has 5 heteroatoms. The van der Waals surface area contributed by atoms with E-state index in [1.54, 1.807) is 0 Å². The molecular weight excluding hydrogens is 248 g/mol. The van der Waals surface area contributed by atoms with Crippen molar-refractivity contribution < 1.29 is 9.59 Å². The van der Waals surface area contributed by atoms with E-state index in [1.807, 2.05) is 44.2 Å². The van der Waals surface area contributed by atoms with Crippen molar-refractivity contribution in [1.82, 2.24) is 4.90 Å². The van der Waals surface area contributed by atoms with E-state index in [-0.39, 0.29) is 17.1 Å². The number of para-hydroxylation sites is 1. The van der Waals surface area contributed by atoms with Gasteiger partial charge in [0.25, 0.3) is 11.1 Å². The van der Waals surface area contributed by atoms with Gasteiger partial charge in [-0.3, -0.25) is 14.5 Å². The van der Waals surface area contributed by atoms with Crippen LogP contribution in [0.2, 0.25) is 0 Å². The highest BCUT2D eigenvalue weighted by Crippen LogP contribution is 2.28. The summed E-state index contributed by atoms with van der Waals surface area (Å²) in [6.45, 7) is 4.46. The second kappa shape index (κ2) is 5.44. The standard InChI is InChI=1S/C13H16N2O2S/c1-9(2)8-15-12(16)11(18-13(15)17)14-10-6-4-3-5-7-10/h3-7,9,11,14H,8H2,1-2H3/t11-/m1/s1. The average molecular weight is 264 g/mol. The zero-order valence-corrected chi connectivity index (χ0v) is 11.2. The SMILES string of the molecule is CC(C)CN1C(=O)S[C@@H](Nc2ccccc2)C1=O. The van der Waals surface area contributed by atoms with Crippen molar-refractivity contribution in [2.75, 3.05) is 11.9 Å². The number of hydrogen-bond acceptors (Lipinski definition) is 4. The predicted octanol–water partition coefficient (Wildman–Crippen LogP) is 2.78. The van der Waals surface area contributed by atoms with E-state index in [9.17, 15) is 9.59 Å². The normalized spacial score (nSPS) is 19.7. The second-order valence-corrected chi connectivity index (χ2v) is 5.67. The molecule has 1 N–H and O–H groups in total. The number of thioether (sulfide) groups is 1. The Labute approximate surface area is 111 Å². The second-order valence-electron chi connectivity index (χ2n) is 4.62. The Balaban J connectivity index is 2.04. The summed E-state index contributed by atoms with van der Waals surface area (Å²) in [7, 11) is 0. The molecular formula is C13H16N2O2S. The van der Waals surface area contributed by atoms with Crippen LogP contribution in [-0.2, 0) is 4.79 Å². The summed E-state index contributed by atoms with van der Waals surface area (Å²) in [5, 5.41) is 2.41. The monoisotopic (exact) mass is 264 g/mol. The van der Waals surface area contributed by atoms with Crippen molar-refractivity contribution >= 4 is 28.6 Å². The van der Waals surface area contributed by atoms with Crippen molar-refractivity contribution in [1.29, 1.82) is 0 Å². The first-order valence-electron chi connectivity index (χ1n) is 5.91. The maximum Gasteiger partial charge on any atom is 0.290 e. The highest BCUT2D eigenvalue weighted by molar-refractivity contribution is 8.15. The van der Waals surface area contributed by atoms with Gasteiger partial charge in [-0.05, 0) is 29.8 Å². The molecule has 2 amide bonds. The van der Waals surface area contributed by atoms with Crippen LogP contribution in [0.3, 0.4) is 0 Å². The molecule has 1 aliphatic heterocycles. The Morgan fingerprint density at radius 2 is 1.94 bits per heavy atom. The molecule has 96 valence electrons. The summed E-state index contributed by atoms with van der Waals surface area (Å²) < 4.78 is 0. The van der Waals surface area contributed by atoms with Crippen LogP contribution in [0.25, 0.3) is 0 Å². The first-order chi connectivity index (χ1) is 8.58. The van der Waals surface area contributed by atoms with E-state index in [2.05, 4.69) is 5.32 Å². The zero-order chi connectivity index (χ0) is 13.1. The minimum Gasteiger partial charge on any atom is -0.365 e. The van der Waals surface area contributed by atoms with Crippen LogP contribution < -0.4 is 5.32 Å². The van der Waals surface area contributed by atoms with Gasteiger partial charge in [-0.25, -0.2) is 0 Å². The summed E-state index contributed by atoms with van der Waals surface area (Å²) in [6, 6.07) is 9.44. The van der Waals surface area contributed by atoms with Crippen LogP contribution in [0.15, 0.2) is 30.3 Å². The molecule has 1 aromatic carbocycles. The van der Waals surface area contributed by atoms with Gasteiger partial charge in [0, 0.05) is 12.2 Å². The van der Waals surface area contributed by atoms with E-state index in [4.69, 9.17) is 0 Å². The number of amides is 2. The molecule has 0 radical (unpaired) electrons. The molecule has 0 aliphatic carbocycles. The fourth-order valence-electron chi connectivity index (χ4n) is 1.75. The van der Waals surface area contributed by atoms with Gasteiger partial charge in [0.05, 0.1) is 0 Å². The lowest BCUT2D eigenvalue weighted by Gasteiger charge is -2.16. The number of rotatable bonds is 4. The Bertz CT molecular complexity index is 448. The van der Waals surface area contributed by atoms with E-state index in [0.717, 1.165) is 17.4 Å². The number of benzene rings is 1. The van der Waals surface area contributed by atoms with Crippen LogP contribution in [0.5, 0.6) is 0 Å². The Morgan fingerprint density at radius 3 is 2.56 bits per heavy atom. The molecule has 1 atom stereocenters. The van der Waals surface area contributed by atoms with Crippen molar-refractivity contribution in [3.05, 3.63) is 30.3 Å². The molecule has 4 nitrogen and oxygen atoms in total. The van der Waals surface area contributed by atoms with Gasteiger partial charge >= 0.3 is 0 Å². The third-order valence-electron chi connectivity index (χ3n) is 2.55. The van der Waals surface area contributed by atoms with Crippen molar-refractivity contribution in [2.24, 2.45) is 5.92 Å². The van der Waals surface area contributed by atoms with Crippen LogP contribution >= 0.6 is 11.8 Å². The third-order valence-corrected chi connectivity index (χ3v) is 3.53. The van der Waals surface area contributed by atoms with Crippen LogP contribution in [0.1, 0.15) is 13.8 Å². The van der Waals surface area contributed by atoms with Gasteiger partial charge < -0.3 is 5.32 Å². The maximum absolute atomic E-state index is 12.1. The number of carbonyl (C=O) groups is 2. The highest BCUT2D eigenvalue weighted by atomic mass is 32.2. The maximum atomic E-state index is 12.1. The fourth-order valence-corrected chi connectivity index (χ4v) is 2.67. The fraction of sp³-hybridized carbons (Fsp3) is 0.385. The first-order valence-corrected chi connectivity index (χ1v) is 6.79. The molecule has 1 aromatic rings. The third kappa shape index (κ3) is 2.85. The van der Waals surface area contributed by atoms with Crippen LogP contribution in [-0.4, -0.2) is 28.0 Å². The molecule has 18 heavy (non-hydrogen) atoms. The summed E-state index contributed by atoms with van der Waals surface area (Å²) in [5.74, 6) is 0.136. The quantitative estimate of drug-likeness (QED) is 0.908. The molecule has 0 aromatic heterocycles. The Hall–Kier alpha value is -1.49. The lowest BCUT2D eigenvalue weighted by atomic mass is 10.2. The molecule has 0 bridgehead atoms. The van der Waals surface area contributed by atoms with E-state index in [1.165, 1.54) is 4.90 Å². The van der Waals surface area contributed by atoms with Gasteiger partial charge in [0.1, 0.15) is 0 Å². The Kier molecular flexibility index (Phi) is 3.91. The van der Waals surface area contributed by atoms with E-state index < -0.39 is 5.37 Å². The molecule has 1 saturated heterocycles. The number of carbonyl (C=O) groups excluding carboxylic acids is 2. The molecule has 1 heterocycles. The van der Waals surface area contributed by atoms with E-state index >= 15 is 0 Å². The highest BCUT2D eigenvalue weighted by Gasteiger charge is 2.39. The number of anilines is 1. The molecule has 0 spiro atoms. The van der Waals surface area contributed by atoms with E-state index in [0.29, 0.717) is 6.54 Å². The van der Waals surface area contributed by atoms with Crippen molar-refractivity contribution in [3.8, 4) is 0 Å². The number of imide groups is 1. The summed E-state index contributed by atoms with van der Waals surface area (Å²) in [5.41, 5.74) is 0.850. The average Bonchev–Trinajstić information content (AvgIpc) is 2.58. The largest absolute Gasteiger partial charge is 0.365 e. The minimum atomic E-state index is -0.501. The molecule has 0 saturated carbocycles. The smallest absolute Gasteiger partial charge is 0.290 e. The van der Waals surface area contributed by atoms with Crippen LogP contribution in [0, 0.1) is 5.92 Å². The lowest BCUT2D eigenvalue weighted by molar-refractivity contribution is -0.126. The predicted molar refractivity (Wildman–Crippen MR) is 73.4 cm³/mol. The van der Waals surface area contributed by atoms with Gasteiger partial charge in [-0.2, -0.15) is 0 Å². The minimum absolute atomic E-state index is 0.150. The van der Waals surface area contributed by atoms with Crippen LogP contribution in [0.4, 0.5) is 10.5 Å². The number of nitrogens with one attached hydrogen (secondary N) is 1. The number of hydrogen-bond donors (Lipinski definition) is 1. The Morgan fingerprint density at radius 1 is 1.28 bits per heavy atom. The number of nitrogens with zero attached hydrogens (tertiary/aromatic N) is 1. The summed E-state index contributed by atoms with van der Waals surface area (Å²) in [4.78, 5) is 25.2. The molecule has 2 rings (SSSR count). The summed E-state index contributed by atoms with van der Waals surface area (Å²) in [6.07, 6.45) is 0. The van der Waals surface area contributed by atoms with Crippen molar-refractivity contribution in [2.45, 2.75) is 19.2 Å². The lowest BCUT2D eigenvalue weighted by Crippen LogP contribution is -2.36. The van der Waals surface area contributed by atoms with Gasteiger partial charge in [0.15, 0.2) is 5.37 Å². The van der Waals surface area contributed by atoms with Crippen molar-refractivity contribution in [3.63, 3.8) is 0 Å². The first kappa shape index (κ1) is 13.0. The van der Waals surface area contributed by atoms with Gasteiger partial charge in [0.2, 0.25) is 0 Å². The topological polar surface area (TPSA) is 49.4 Å². The zero-order valence-electron chi connectivity index (χ0n) is 10.4. The molecule has 1 aliphatic rings. The summed E-state index contributed by atoms with van der Waals surface area (Å²) >= 11 is 1.04.